The maximum absolute atomic E-state index is 3.53. The number of aryl methyl sites for hydroxylation is 1. The van der Waals surface area contributed by atoms with Crippen molar-refractivity contribution in [3.8, 4) is 0 Å². The lowest BCUT2D eigenvalue weighted by Crippen LogP contribution is -2.23. The van der Waals surface area contributed by atoms with Gasteiger partial charge in [0.1, 0.15) is 0 Å². The van der Waals surface area contributed by atoms with Crippen LogP contribution in [0, 0.1) is 6.92 Å². The largest absolute Gasteiger partial charge is 0.312 e. The molecule has 1 N–H and O–H groups in total. The minimum atomic E-state index is 1.01. The molecule has 0 saturated heterocycles. The molecule has 0 aliphatic rings. The van der Waals surface area contributed by atoms with E-state index in [-0.39, 0.29) is 0 Å². The van der Waals surface area contributed by atoms with E-state index in [0.717, 1.165) is 26.2 Å². The maximum atomic E-state index is 3.53. The average molecular weight is 288 g/mol. The second-order valence-electron chi connectivity index (χ2n) is 5.28. The van der Waals surface area contributed by atoms with Crippen LogP contribution in [0.25, 0.3) is 0 Å². The number of rotatable bonds is 8. The molecule has 0 aliphatic carbocycles. The molecule has 0 spiro atoms. The Bertz CT molecular complexity index is 493. The summed E-state index contributed by atoms with van der Waals surface area (Å²) >= 11 is 1.84. The van der Waals surface area contributed by atoms with E-state index in [1.807, 2.05) is 11.3 Å². The van der Waals surface area contributed by atoms with Crippen molar-refractivity contribution in [2.75, 3.05) is 20.1 Å². The minimum absolute atomic E-state index is 1.01. The minimum Gasteiger partial charge on any atom is -0.312 e. The molecule has 108 valence electrons. The van der Waals surface area contributed by atoms with Crippen LogP contribution in [0.5, 0.6) is 0 Å². The fourth-order valence-electron chi connectivity index (χ4n) is 2.24. The van der Waals surface area contributed by atoms with Gasteiger partial charge in [-0.2, -0.15) is 0 Å². The fourth-order valence-corrected chi connectivity index (χ4v) is 3.11. The number of benzene rings is 1. The fraction of sp³-hybridized carbons (Fsp3) is 0.412. The topological polar surface area (TPSA) is 15.3 Å². The number of nitrogens with zero attached hydrogens (tertiary/aromatic N) is 1. The lowest BCUT2D eigenvalue weighted by Gasteiger charge is -2.16. The maximum Gasteiger partial charge on any atom is 0.0302 e. The summed E-state index contributed by atoms with van der Waals surface area (Å²) in [5.41, 5.74) is 2.79. The van der Waals surface area contributed by atoms with Crippen molar-refractivity contribution in [3.05, 3.63) is 57.8 Å². The van der Waals surface area contributed by atoms with E-state index in [1.165, 1.54) is 22.4 Å². The van der Waals surface area contributed by atoms with Crippen LogP contribution in [-0.2, 0) is 13.1 Å². The van der Waals surface area contributed by atoms with Crippen LogP contribution in [0.4, 0.5) is 0 Å². The van der Waals surface area contributed by atoms with Gasteiger partial charge in [-0.1, -0.05) is 30.3 Å². The van der Waals surface area contributed by atoms with Gasteiger partial charge in [0, 0.05) is 18.0 Å². The van der Waals surface area contributed by atoms with Crippen molar-refractivity contribution in [1.82, 2.24) is 10.2 Å². The zero-order chi connectivity index (χ0) is 14.2. The van der Waals surface area contributed by atoms with Crippen LogP contribution in [0.15, 0.2) is 41.8 Å². The van der Waals surface area contributed by atoms with Gasteiger partial charge in [-0.15, -0.1) is 11.3 Å². The van der Waals surface area contributed by atoms with Crippen LogP contribution in [0.2, 0.25) is 0 Å². The van der Waals surface area contributed by atoms with Crippen molar-refractivity contribution in [2.24, 2.45) is 0 Å². The highest BCUT2D eigenvalue weighted by Crippen LogP contribution is 2.14. The Labute approximate surface area is 126 Å². The molecule has 0 amide bonds. The average Bonchev–Trinajstić information content (AvgIpc) is 2.85. The number of hydrogen-bond acceptors (Lipinski definition) is 3. The molecule has 1 aromatic carbocycles. The molecular formula is C17H24N2S. The summed E-state index contributed by atoms with van der Waals surface area (Å²) in [7, 11) is 2.19. The van der Waals surface area contributed by atoms with Crippen LogP contribution in [0.3, 0.4) is 0 Å². The molecule has 0 atom stereocenters. The quantitative estimate of drug-likeness (QED) is 0.746. The van der Waals surface area contributed by atoms with Gasteiger partial charge in [0.25, 0.3) is 0 Å². The zero-order valence-electron chi connectivity index (χ0n) is 12.4. The SMILES string of the molecule is Cc1ccsc1CNCCCN(C)Cc1ccccc1. The molecule has 0 bridgehead atoms. The molecule has 2 aromatic rings. The van der Waals surface area contributed by atoms with Gasteiger partial charge in [-0.3, -0.25) is 0 Å². The molecule has 0 radical (unpaired) electrons. The Balaban J connectivity index is 1.58. The Morgan fingerprint density at radius 3 is 2.65 bits per heavy atom. The molecule has 1 heterocycles. The van der Waals surface area contributed by atoms with E-state index < -0.39 is 0 Å². The first-order valence-corrected chi connectivity index (χ1v) is 8.10. The van der Waals surface area contributed by atoms with Crippen molar-refractivity contribution in [2.45, 2.75) is 26.4 Å². The highest BCUT2D eigenvalue weighted by atomic mass is 32.1. The van der Waals surface area contributed by atoms with Crippen LogP contribution < -0.4 is 5.32 Å². The first kappa shape index (κ1) is 15.2. The molecular weight excluding hydrogens is 264 g/mol. The number of thiophene rings is 1. The van der Waals surface area contributed by atoms with E-state index in [0.29, 0.717) is 0 Å². The summed E-state index contributed by atoms with van der Waals surface area (Å²) in [6.07, 6.45) is 1.19. The van der Waals surface area contributed by atoms with E-state index in [4.69, 9.17) is 0 Å². The van der Waals surface area contributed by atoms with Crippen LogP contribution >= 0.6 is 11.3 Å². The van der Waals surface area contributed by atoms with Gasteiger partial charge < -0.3 is 10.2 Å². The summed E-state index contributed by atoms with van der Waals surface area (Å²) in [6.45, 7) is 6.43. The smallest absolute Gasteiger partial charge is 0.0302 e. The number of hydrogen-bond donors (Lipinski definition) is 1. The molecule has 0 aliphatic heterocycles. The monoisotopic (exact) mass is 288 g/mol. The Hall–Kier alpha value is -1.16. The predicted molar refractivity (Wildman–Crippen MR) is 88.2 cm³/mol. The lowest BCUT2D eigenvalue weighted by molar-refractivity contribution is 0.319. The molecule has 0 fully saturated rings. The highest BCUT2D eigenvalue weighted by molar-refractivity contribution is 7.10. The van der Waals surface area contributed by atoms with Crippen molar-refractivity contribution < 1.29 is 0 Å². The summed E-state index contributed by atoms with van der Waals surface area (Å²) in [4.78, 5) is 3.84. The summed E-state index contributed by atoms with van der Waals surface area (Å²) < 4.78 is 0. The van der Waals surface area contributed by atoms with Gasteiger partial charge in [-0.05, 0) is 56.1 Å². The van der Waals surface area contributed by atoms with Gasteiger partial charge in [0.2, 0.25) is 0 Å². The van der Waals surface area contributed by atoms with Crippen molar-refractivity contribution in [1.29, 1.82) is 0 Å². The zero-order valence-corrected chi connectivity index (χ0v) is 13.2. The molecule has 3 heteroatoms. The third-order valence-corrected chi connectivity index (χ3v) is 4.47. The second kappa shape index (κ2) is 8.20. The third-order valence-electron chi connectivity index (χ3n) is 3.44. The standard InChI is InChI=1S/C17H24N2S/c1-15-9-12-20-17(15)13-18-10-6-11-19(2)14-16-7-4-3-5-8-16/h3-5,7-9,12,18H,6,10-11,13-14H2,1-2H3. The lowest BCUT2D eigenvalue weighted by atomic mass is 10.2. The molecule has 2 nitrogen and oxygen atoms in total. The Kier molecular flexibility index (Phi) is 6.25. The van der Waals surface area contributed by atoms with Crippen LogP contribution in [0.1, 0.15) is 22.4 Å². The van der Waals surface area contributed by atoms with E-state index in [1.54, 1.807) is 0 Å². The van der Waals surface area contributed by atoms with Crippen molar-refractivity contribution in [3.63, 3.8) is 0 Å². The Morgan fingerprint density at radius 1 is 1.15 bits per heavy atom. The summed E-state index contributed by atoms with van der Waals surface area (Å²) in [6, 6.07) is 12.8. The van der Waals surface area contributed by atoms with Crippen LogP contribution in [-0.4, -0.2) is 25.0 Å². The normalized spacial score (nSPS) is 11.2. The molecule has 0 saturated carbocycles. The van der Waals surface area contributed by atoms with Gasteiger partial charge in [0.05, 0.1) is 0 Å². The van der Waals surface area contributed by atoms with Gasteiger partial charge in [0.15, 0.2) is 0 Å². The third kappa shape index (κ3) is 5.08. The summed E-state index contributed by atoms with van der Waals surface area (Å²) in [5.74, 6) is 0. The first-order chi connectivity index (χ1) is 9.75. The molecule has 2 rings (SSSR count). The van der Waals surface area contributed by atoms with Gasteiger partial charge >= 0.3 is 0 Å². The molecule has 20 heavy (non-hydrogen) atoms. The van der Waals surface area contributed by atoms with E-state index in [9.17, 15) is 0 Å². The predicted octanol–water partition coefficient (Wildman–Crippen LogP) is 3.67. The molecule has 1 aromatic heterocycles. The van der Waals surface area contributed by atoms with Crippen molar-refractivity contribution >= 4 is 11.3 Å². The highest BCUT2D eigenvalue weighted by Gasteiger charge is 2.01. The molecule has 0 unspecified atom stereocenters. The second-order valence-corrected chi connectivity index (χ2v) is 6.28. The summed E-state index contributed by atoms with van der Waals surface area (Å²) in [5, 5.41) is 5.70. The Morgan fingerprint density at radius 2 is 1.95 bits per heavy atom. The first-order valence-electron chi connectivity index (χ1n) is 7.22. The van der Waals surface area contributed by atoms with Gasteiger partial charge in [-0.25, -0.2) is 0 Å². The van der Waals surface area contributed by atoms with E-state index in [2.05, 4.69) is 66.0 Å². The van der Waals surface area contributed by atoms with E-state index >= 15 is 0 Å². The number of nitrogens with one attached hydrogen (secondary N) is 1.